The van der Waals surface area contributed by atoms with E-state index in [1.54, 1.807) is 11.2 Å². The number of ether oxygens (including phenoxy) is 3. The first-order chi connectivity index (χ1) is 22.4. The van der Waals surface area contributed by atoms with E-state index in [0.29, 0.717) is 32.0 Å². The lowest BCUT2D eigenvalue weighted by Crippen LogP contribution is -2.56. The molecule has 3 aromatic carbocycles. The van der Waals surface area contributed by atoms with Crippen molar-refractivity contribution in [3.63, 3.8) is 0 Å². The van der Waals surface area contributed by atoms with Crippen molar-refractivity contribution in [2.45, 2.75) is 72.4 Å². The minimum atomic E-state index is -0.636. The second kappa shape index (κ2) is 12.4. The molecule has 6 rings (SSSR count). The van der Waals surface area contributed by atoms with Gasteiger partial charge in [-0.2, -0.15) is 5.26 Å². The number of amides is 1. The minimum Gasteiger partial charge on any atom is -0.492 e. The van der Waals surface area contributed by atoms with Crippen molar-refractivity contribution in [1.82, 2.24) is 14.9 Å². The Kier molecular flexibility index (Phi) is 8.43. The minimum absolute atomic E-state index is 0.172. The van der Waals surface area contributed by atoms with Crippen LogP contribution in [-0.4, -0.2) is 64.8 Å². The normalized spacial score (nSPS) is 16.7. The molecular weight excluding hydrogens is 594 g/mol. The second-order valence-corrected chi connectivity index (χ2v) is 14.2. The molecule has 0 saturated carbocycles. The van der Waals surface area contributed by atoms with Gasteiger partial charge in [-0.1, -0.05) is 30.3 Å². The third-order valence-electron chi connectivity index (χ3n) is 8.51. The van der Waals surface area contributed by atoms with Gasteiger partial charge in [-0.15, -0.1) is 0 Å². The molecule has 10 nitrogen and oxygen atoms in total. The first-order valence-corrected chi connectivity index (χ1v) is 16.1. The number of nitrogens with zero attached hydrogens (tertiary/aromatic N) is 5. The van der Waals surface area contributed by atoms with Crippen LogP contribution in [0.5, 0.6) is 11.5 Å². The molecule has 10 heteroatoms. The number of anilines is 1. The van der Waals surface area contributed by atoms with E-state index in [2.05, 4.69) is 17.0 Å². The van der Waals surface area contributed by atoms with Gasteiger partial charge < -0.3 is 24.0 Å². The lowest BCUT2D eigenvalue weighted by molar-refractivity contribution is -0.142. The number of benzene rings is 3. The summed E-state index contributed by atoms with van der Waals surface area (Å²) in [5, 5.41) is 12.3. The van der Waals surface area contributed by atoms with Crippen LogP contribution in [0.25, 0.3) is 32.8 Å². The van der Waals surface area contributed by atoms with Crippen LogP contribution in [0.3, 0.4) is 0 Å². The number of hydrogen-bond donors (Lipinski definition) is 0. The molecule has 2 aliphatic rings. The lowest BCUT2D eigenvalue weighted by atomic mass is 9.89. The summed E-state index contributed by atoms with van der Waals surface area (Å²) in [6.45, 7) is 12.9. The molecule has 47 heavy (non-hydrogen) atoms. The molecule has 244 valence electrons. The number of carbonyl (C=O) groups excluding carboxylic acids is 2. The molecule has 0 aliphatic carbocycles. The van der Waals surface area contributed by atoms with Crippen LogP contribution in [0.1, 0.15) is 59.9 Å². The van der Waals surface area contributed by atoms with Gasteiger partial charge in [0.1, 0.15) is 29.2 Å². The molecule has 4 aromatic rings. The predicted octanol–water partition coefficient (Wildman–Crippen LogP) is 7.07. The van der Waals surface area contributed by atoms with Gasteiger partial charge in [-0.05, 0) is 83.0 Å². The molecule has 3 heterocycles. The highest BCUT2D eigenvalue weighted by atomic mass is 16.6. The maximum Gasteiger partial charge on any atom is 0.410 e. The van der Waals surface area contributed by atoms with Crippen molar-refractivity contribution in [2.75, 3.05) is 31.1 Å². The molecule has 1 saturated heterocycles. The fourth-order valence-corrected chi connectivity index (χ4v) is 6.26. The van der Waals surface area contributed by atoms with Gasteiger partial charge in [0, 0.05) is 30.6 Å². The Hall–Kier alpha value is -4.91. The van der Waals surface area contributed by atoms with Crippen LogP contribution in [0, 0.1) is 16.7 Å². The van der Waals surface area contributed by atoms with E-state index in [4.69, 9.17) is 24.2 Å². The van der Waals surface area contributed by atoms with Gasteiger partial charge >= 0.3 is 12.1 Å². The van der Waals surface area contributed by atoms with Crippen LogP contribution in [0.4, 0.5) is 10.6 Å². The first kappa shape index (κ1) is 32.0. The number of rotatable bonds is 4. The van der Waals surface area contributed by atoms with E-state index in [0.717, 1.165) is 62.8 Å². The molecule has 2 aliphatic heterocycles. The second-order valence-electron chi connectivity index (χ2n) is 14.2. The lowest BCUT2D eigenvalue weighted by Gasteiger charge is -2.41. The van der Waals surface area contributed by atoms with Crippen molar-refractivity contribution >= 4 is 39.6 Å². The zero-order valence-corrected chi connectivity index (χ0v) is 27.9. The van der Waals surface area contributed by atoms with Gasteiger partial charge in [0.2, 0.25) is 0 Å². The number of carbonyl (C=O) groups is 2. The largest absolute Gasteiger partial charge is 0.492 e. The number of fused-ring (bicyclic) bond motifs is 4. The van der Waals surface area contributed by atoms with E-state index in [1.807, 2.05) is 77.9 Å². The van der Waals surface area contributed by atoms with Crippen molar-refractivity contribution in [3.05, 3.63) is 54.4 Å². The molecule has 0 bridgehead atoms. The maximum atomic E-state index is 13.0. The van der Waals surface area contributed by atoms with E-state index in [-0.39, 0.29) is 18.4 Å². The fraction of sp³-hybridized carbons (Fsp3) is 0.432. The van der Waals surface area contributed by atoms with Crippen molar-refractivity contribution in [3.8, 4) is 28.7 Å². The van der Waals surface area contributed by atoms with Gasteiger partial charge in [0.25, 0.3) is 0 Å². The molecule has 1 fully saturated rings. The molecule has 1 aromatic heterocycles. The Morgan fingerprint density at radius 1 is 1.02 bits per heavy atom. The number of hydrogen-bond acceptors (Lipinski definition) is 9. The Morgan fingerprint density at radius 2 is 1.79 bits per heavy atom. The van der Waals surface area contributed by atoms with Crippen molar-refractivity contribution in [2.24, 2.45) is 5.41 Å². The third-order valence-corrected chi connectivity index (χ3v) is 8.51. The Bertz CT molecular complexity index is 1900. The Balaban J connectivity index is 1.43. The van der Waals surface area contributed by atoms with Gasteiger partial charge in [-0.3, -0.25) is 4.79 Å². The number of esters is 1. The summed E-state index contributed by atoms with van der Waals surface area (Å²) in [7, 11) is 0. The molecule has 1 atom stereocenters. The highest BCUT2D eigenvalue weighted by Gasteiger charge is 2.35. The number of aromatic nitrogens is 2. The van der Waals surface area contributed by atoms with Crippen molar-refractivity contribution < 1.29 is 23.8 Å². The molecule has 0 unspecified atom stereocenters. The van der Waals surface area contributed by atoms with E-state index >= 15 is 0 Å². The highest BCUT2D eigenvalue weighted by Crippen LogP contribution is 2.46. The SMILES string of the molecule is CC(C)(C)OC(=O)N1CCN(c2ncnc3cc(-c4ccc(OC(=O)C(C)(C)C)c5ccccc45)c4c(c23)OCCC4)C[C@@H]1CC#N. The molecule has 0 spiro atoms. The standard InChI is InChI=1S/C37H41N5O5/c1-36(2,3)34(43)46-30-14-13-25(24-10-7-8-11-26(24)30)28-20-29-31(32-27(28)12-9-19-45-32)33(40-22-39-29)41-17-18-42(23(21-41)15-16-38)35(44)47-37(4,5)6/h7-8,10-11,13-14,20,22-23H,9,12,15,17-19,21H2,1-6H3/t23-/m0/s1. The summed E-state index contributed by atoms with van der Waals surface area (Å²) >= 11 is 0. The third kappa shape index (κ3) is 6.39. The predicted molar refractivity (Wildman–Crippen MR) is 181 cm³/mol. The quantitative estimate of drug-likeness (QED) is 0.171. The summed E-state index contributed by atoms with van der Waals surface area (Å²) in [6, 6.07) is 15.8. The molecule has 1 amide bonds. The average molecular weight is 636 g/mol. The first-order valence-electron chi connectivity index (χ1n) is 16.1. The summed E-state index contributed by atoms with van der Waals surface area (Å²) in [5.74, 6) is 1.72. The topological polar surface area (TPSA) is 118 Å². The molecule has 0 N–H and O–H groups in total. The van der Waals surface area contributed by atoms with Crippen LogP contribution >= 0.6 is 0 Å². The van der Waals surface area contributed by atoms with E-state index in [9.17, 15) is 14.9 Å². The van der Waals surface area contributed by atoms with E-state index < -0.39 is 17.1 Å². The molecular formula is C37H41N5O5. The fourth-order valence-electron chi connectivity index (χ4n) is 6.26. The molecule has 0 radical (unpaired) electrons. The number of nitriles is 1. The summed E-state index contributed by atoms with van der Waals surface area (Å²) < 4.78 is 18.0. The average Bonchev–Trinajstić information content (AvgIpc) is 3.03. The van der Waals surface area contributed by atoms with Gasteiger partial charge in [0.15, 0.2) is 0 Å². The summed E-state index contributed by atoms with van der Waals surface area (Å²) in [4.78, 5) is 39.1. The highest BCUT2D eigenvalue weighted by molar-refractivity contribution is 6.06. The Morgan fingerprint density at radius 3 is 2.51 bits per heavy atom. The smallest absolute Gasteiger partial charge is 0.410 e. The Labute approximate surface area is 275 Å². The summed E-state index contributed by atoms with van der Waals surface area (Å²) in [5.41, 5.74) is 2.56. The monoisotopic (exact) mass is 635 g/mol. The van der Waals surface area contributed by atoms with Crippen LogP contribution in [0.15, 0.2) is 48.8 Å². The van der Waals surface area contributed by atoms with Gasteiger partial charge in [0.05, 0.1) is 41.5 Å². The number of piperazine rings is 1. The maximum absolute atomic E-state index is 13.0. The van der Waals surface area contributed by atoms with E-state index in [1.165, 1.54) is 0 Å². The van der Waals surface area contributed by atoms with Crippen LogP contribution in [0.2, 0.25) is 0 Å². The van der Waals surface area contributed by atoms with Crippen molar-refractivity contribution in [1.29, 1.82) is 5.26 Å². The zero-order chi connectivity index (χ0) is 33.5. The van der Waals surface area contributed by atoms with Gasteiger partial charge in [-0.25, -0.2) is 14.8 Å². The summed E-state index contributed by atoms with van der Waals surface area (Å²) in [6.07, 6.45) is 3.00. The van der Waals surface area contributed by atoms with Crippen LogP contribution in [-0.2, 0) is 16.0 Å². The zero-order valence-electron chi connectivity index (χ0n) is 27.9. The van der Waals surface area contributed by atoms with Crippen LogP contribution < -0.4 is 14.4 Å².